The number of benzene rings is 2. The monoisotopic (exact) mass is 261 g/mol. The molecule has 0 radical (unpaired) electrons. The van der Waals surface area contributed by atoms with Gasteiger partial charge in [-0.3, -0.25) is 4.99 Å². The average Bonchev–Trinajstić information content (AvgIpc) is 2.34. The molecule has 0 aliphatic carbocycles. The van der Waals surface area contributed by atoms with E-state index in [1.807, 2.05) is 13.0 Å². The van der Waals surface area contributed by atoms with Crippen molar-refractivity contribution in [2.45, 2.75) is 6.92 Å². The van der Waals surface area contributed by atoms with E-state index in [-0.39, 0.29) is 16.5 Å². The van der Waals surface area contributed by atoms with Crippen LogP contribution in [0.25, 0.3) is 0 Å². The topological polar surface area (TPSA) is 52.8 Å². The third kappa shape index (κ3) is 2.63. The maximum absolute atomic E-state index is 9.60. The van der Waals surface area contributed by atoms with Crippen molar-refractivity contribution in [1.29, 1.82) is 0 Å². The number of rotatable bonds is 2. The third-order valence-electron chi connectivity index (χ3n) is 2.54. The number of hydrogen-bond donors (Lipinski definition) is 2. The molecule has 0 fully saturated rings. The van der Waals surface area contributed by atoms with E-state index >= 15 is 0 Å². The lowest BCUT2D eigenvalue weighted by atomic mass is 10.2. The van der Waals surface area contributed by atoms with Crippen LogP contribution in [0.2, 0.25) is 5.02 Å². The minimum atomic E-state index is 0.0377. The highest BCUT2D eigenvalue weighted by Gasteiger charge is 2.03. The van der Waals surface area contributed by atoms with Crippen molar-refractivity contribution in [2.75, 3.05) is 0 Å². The van der Waals surface area contributed by atoms with Crippen molar-refractivity contribution in [1.82, 2.24) is 0 Å². The van der Waals surface area contributed by atoms with Gasteiger partial charge in [-0.25, -0.2) is 0 Å². The molecular formula is C14H12ClNO2. The summed E-state index contributed by atoms with van der Waals surface area (Å²) in [5, 5.41) is 19.3. The number of aryl methyl sites for hydroxylation is 1. The summed E-state index contributed by atoms with van der Waals surface area (Å²) in [4.78, 5) is 4.26. The Morgan fingerprint density at radius 3 is 2.56 bits per heavy atom. The zero-order valence-corrected chi connectivity index (χ0v) is 10.5. The number of aliphatic imine (C=N–C) groups is 1. The number of hydrogen-bond acceptors (Lipinski definition) is 3. The number of phenolic OH excluding ortho intramolecular Hbond substituents is 2. The Balaban J connectivity index is 2.35. The standard InChI is InChI=1S/C14H12ClNO2/c1-9-6-14(18)11(15)7-12(9)16-8-10-4-2-3-5-13(10)17/h2-8,17-18H,1H3. The molecule has 0 saturated carbocycles. The fourth-order valence-corrected chi connectivity index (χ4v) is 1.69. The first-order valence-corrected chi connectivity index (χ1v) is 5.77. The van der Waals surface area contributed by atoms with Crippen molar-refractivity contribution in [3.05, 3.63) is 52.5 Å². The van der Waals surface area contributed by atoms with Gasteiger partial charge in [-0.15, -0.1) is 0 Å². The van der Waals surface area contributed by atoms with Crippen LogP contribution in [0.4, 0.5) is 5.69 Å². The molecule has 0 saturated heterocycles. The first-order chi connectivity index (χ1) is 8.58. The van der Waals surface area contributed by atoms with Crippen molar-refractivity contribution in [2.24, 2.45) is 4.99 Å². The van der Waals surface area contributed by atoms with Crippen LogP contribution >= 0.6 is 11.6 Å². The lowest BCUT2D eigenvalue weighted by molar-refractivity contribution is 0.474. The summed E-state index contributed by atoms with van der Waals surface area (Å²) in [7, 11) is 0. The van der Waals surface area contributed by atoms with Crippen LogP contribution in [-0.4, -0.2) is 16.4 Å². The fourth-order valence-electron chi connectivity index (χ4n) is 1.53. The van der Waals surface area contributed by atoms with Crippen LogP contribution in [0.5, 0.6) is 11.5 Å². The normalized spacial score (nSPS) is 11.0. The van der Waals surface area contributed by atoms with E-state index in [1.54, 1.807) is 36.5 Å². The Hall–Kier alpha value is -2.00. The molecule has 18 heavy (non-hydrogen) atoms. The molecule has 0 amide bonds. The van der Waals surface area contributed by atoms with Crippen molar-refractivity contribution in [3.8, 4) is 11.5 Å². The second-order valence-electron chi connectivity index (χ2n) is 3.91. The van der Waals surface area contributed by atoms with Crippen molar-refractivity contribution >= 4 is 23.5 Å². The Bertz CT molecular complexity index is 609. The van der Waals surface area contributed by atoms with Crippen LogP contribution in [0.3, 0.4) is 0 Å². The SMILES string of the molecule is Cc1cc(O)c(Cl)cc1N=Cc1ccccc1O. The molecule has 0 heterocycles. The van der Waals surface area contributed by atoms with Crippen LogP contribution in [0.15, 0.2) is 41.4 Å². The molecule has 3 nitrogen and oxygen atoms in total. The van der Waals surface area contributed by atoms with Crippen molar-refractivity contribution < 1.29 is 10.2 Å². The number of phenols is 2. The molecule has 0 bridgehead atoms. The van der Waals surface area contributed by atoms with Gasteiger partial charge in [-0.05, 0) is 36.8 Å². The molecule has 2 aromatic rings. The molecule has 2 rings (SSSR count). The van der Waals surface area contributed by atoms with E-state index in [0.717, 1.165) is 5.56 Å². The Morgan fingerprint density at radius 2 is 1.83 bits per heavy atom. The summed E-state index contributed by atoms with van der Waals surface area (Å²) < 4.78 is 0. The van der Waals surface area contributed by atoms with Gasteiger partial charge in [0.05, 0.1) is 10.7 Å². The van der Waals surface area contributed by atoms with Gasteiger partial charge in [-0.2, -0.15) is 0 Å². The van der Waals surface area contributed by atoms with E-state index in [9.17, 15) is 10.2 Å². The summed E-state index contributed by atoms with van der Waals surface area (Å²) in [6.07, 6.45) is 1.56. The number of halogens is 1. The van der Waals surface area contributed by atoms with Crippen LogP contribution in [0, 0.1) is 6.92 Å². The van der Waals surface area contributed by atoms with Gasteiger partial charge in [0.25, 0.3) is 0 Å². The Morgan fingerprint density at radius 1 is 1.11 bits per heavy atom. The minimum Gasteiger partial charge on any atom is -0.507 e. The van der Waals surface area contributed by atoms with Crippen LogP contribution in [-0.2, 0) is 0 Å². The number of para-hydroxylation sites is 1. The predicted octanol–water partition coefficient (Wildman–Crippen LogP) is 3.81. The van der Waals surface area contributed by atoms with E-state index < -0.39 is 0 Å². The highest BCUT2D eigenvalue weighted by atomic mass is 35.5. The van der Waals surface area contributed by atoms with Gasteiger partial charge in [0.1, 0.15) is 11.5 Å². The summed E-state index contributed by atoms with van der Waals surface area (Å²) >= 11 is 5.83. The van der Waals surface area contributed by atoms with E-state index in [1.165, 1.54) is 0 Å². The molecule has 0 aliphatic rings. The van der Waals surface area contributed by atoms with E-state index in [4.69, 9.17) is 11.6 Å². The minimum absolute atomic E-state index is 0.0377. The second kappa shape index (κ2) is 5.10. The largest absolute Gasteiger partial charge is 0.507 e. The first-order valence-electron chi connectivity index (χ1n) is 5.39. The van der Waals surface area contributed by atoms with Gasteiger partial charge >= 0.3 is 0 Å². The number of nitrogens with zero attached hydrogens (tertiary/aromatic N) is 1. The molecule has 92 valence electrons. The quantitative estimate of drug-likeness (QED) is 0.808. The summed E-state index contributed by atoms with van der Waals surface area (Å²) in [6.45, 7) is 1.83. The highest BCUT2D eigenvalue weighted by molar-refractivity contribution is 6.32. The van der Waals surface area contributed by atoms with Gasteiger partial charge < -0.3 is 10.2 Å². The molecule has 0 spiro atoms. The third-order valence-corrected chi connectivity index (χ3v) is 2.85. The van der Waals surface area contributed by atoms with Crippen molar-refractivity contribution in [3.63, 3.8) is 0 Å². The Kier molecular flexibility index (Phi) is 3.53. The molecule has 0 atom stereocenters. The molecule has 2 N–H and O–H groups in total. The highest BCUT2D eigenvalue weighted by Crippen LogP contribution is 2.31. The smallest absolute Gasteiger partial charge is 0.134 e. The predicted molar refractivity (Wildman–Crippen MR) is 73.2 cm³/mol. The molecular weight excluding hydrogens is 250 g/mol. The molecule has 0 aromatic heterocycles. The van der Waals surface area contributed by atoms with Gasteiger partial charge in [0.15, 0.2) is 0 Å². The summed E-state index contributed by atoms with van der Waals surface area (Å²) in [5.74, 6) is 0.208. The van der Waals surface area contributed by atoms with Gasteiger partial charge in [0.2, 0.25) is 0 Å². The zero-order chi connectivity index (χ0) is 13.1. The van der Waals surface area contributed by atoms with Gasteiger partial charge in [0, 0.05) is 11.8 Å². The van der Waals surface area contributed by atoms with E-state index in [2.05, 4.69) is 4.99 Å². The summed E-state index contributed by atoms with van der Waals surface area (Å²) in [6, 6.07) is 10.1. The first kappa shape index (κ1) is 12.5. The zero-order valence-electron chi connectivity index (χ0n) is 9.76. The lowest BCUT2D eigenvalue weighted by Crippen LogP contribution is -1.82. The fraction of sp³-hybridized carbons (Fsp3) is 0.0714. The number of aromatic hydroxyl groups is 2. The van der Waals surface area contributed by atoms with Gasteiger partial charge in [-0.1, -0.05) is 23.7 Å². The molecule has 0 aliphatic heterocycles. The molecule has 4 heteroatoms. The van der Waals surface area contributed by atoms with Crippen LogP contribution < -0.4 is 0 Å². The molecule has 0 unspecified atom stereocenters. The second-order valence-corrected chi connectivity index (χ2v) is 4.31. The average molecular weight is 262 g/mol. The maximum Gasteiger partial charge on any atom is 0.134 e. The molecule has 2 aromatic carbocycles. The van der Waals surface area contributed by atoms with Crippen LogP contribution in [0.1, 0.15) is 11.1 Å². The van der Waals surface area contributed by atoms with E-state index in [0.29, 0.717) is 11.3 Å². The Labute approximate surface area is 110 Å². The summed E-state index contributed by atoms with van der Waals surface area (Å²) in [5.41, 5.74) is 2.09. The lowest BCUT2D eigenvalue weighted by Gasteiger charge is -2.03. The maximum atomic E-state index is 9.60.